The van der Waals surface area contributed by atoms with Crippen LogP contribution in [-0.2, 0) is 19.2 Å². The molecular weight excluding hydrogens is 332 g/mol. The average molecular weight is 362 g/mol. The maximum atomic E-state index is 11.1. The van der Waals surface area contributed by atoms with Crippen molar-refractivity contribution in [1.29, 1.82) is 0 Å². The van der Waals surface area contributed by atoms with Crippen molar-refractivity contribution >= 4 is 23.5 Å². The van der Waals surface area contributed by atoms with Gasteiger partial charge in [0.25, 0.3) is 11.8 Å². The van der Waals surface area contributed by atoms with Gasteiger partial charge in [0.15, 0.2) is 5.78 Å². The normalized spacial score (nSPS) is 12.6. The van der Waals surface area contributed by atoms with Gasteiger partial charge in [-0.3, -0.25) is 24.1 Å². The first kappa shape index (κ1) is 25.5. The fourth-order valence-electron chi connectivity index (χ4n) is 1.85. The van der Waals surface area contributed by atoms with Gasteiger partial charge in [-0.15, -0.1) is 0 Å². The Hall–Kier alpha value is -2.76. The predicted octanol–water partition coefficient (Wildman–Crippen LogP) is 2.86. The molecule has 0 bridgehead atoms. The highest BCUT2D eigenvalue weighted by molar-refractivity contribution is 6.12. The lowest BCUT2D eigenvalue weighted by Crippen LogP contribution is -2.30. The molecule has 0 aromatic rings. The van der Waals surface area contributed by atoms with Crippen LogP contribution >= 0.6 is 0 Å². The van der Waals surface area contributed by atoms with Gasteiger partial charge >= 0.3 is 0 Å². The highest BCUT2D eigenvalue weighted by atomic mass is 16.2. The minimum absolute atomic E-state index is 0.0184. The molecule has 144 valence electrons. The Balaban J connectivity index is 0. The lowest BCUT2D eigenvalue weighted by atomic mass is 10.2. The van der Waals surface area contributed by atoms with Crippen molar-refractivity contribution in [1.82, 2.24) is 4.90 Å². The van der Waals surface area contributed by atoms with Crippen LogP contribution in [0, 0.1) is 0 Å². The first-order chi connectivity index (χ1) is 12.3. The highest BCUT2D eigenvalue weighted by Gasteiger charge is 2.21. The second-order valence-corrected chi connectivity index (χ2v) is 5.06. The average Bonchev–Trinajstić information content (AvgIpc) is 2.93. The van der Waals surface area contributed by atoms with Crippen molar-refractivity contribution in [2.45, 2.75) is 46.5 Å². The summed E-state index contributed by atoms with van der Waals surface area (Å²) in [5.41, 5.74) is 5.58. The summed E-state index contributed by atoms with van der Waals surface area (Å²) in [4.78, 5) is 44.4. The van der Waals surface area contributed by atoms with Crippen LogP contribution in [0.25, 0.3) is 0 Å². The van der Waals surface area contributed by atoms with Crippen molar-refractivity contribution in [3.8, 4) is 0 Å². The number of Topliss-reactive ketones (excluding diaryl/α,β-unsaturated/α-hetero) is 1. The molecule has 0 fully saturated rings. The number of nitrogens with zero attached hydrogens (tertiary/aromatic N) is 1. The number of primary amides is 1. The molecule has 6 heteroatoms. The molecule has 1 rings (SSSR count). The molecule has 2 N–H and O–H groups in total. The van der Waals surface area contributed by atoms with E-state index in [-0.39, 0.29) is 23.5 Å². The van der Waals surface area contributed by atoms with Crippen molar-refractivity contribution in [3.63, 3.8) is 0 Å². The Bertz CT molecular complexity index is 556. The van der Waals surface area contributed by atoms with Crippen LogP contribution in [0.1, 0.15) is 46.5 Å². The third-order valence-electron chi connectivity index (χ3n) is 3.13. The maximum Gasteiger partial charge on any atom is 0.253 e. The van der Waals surface area contributed by atoms with Gasteiger partial charge < -0.3 is 5.73 Å². The van der Waals surface area contributed by atoms with E-state index in [2.05, 4.69) is 13.2 Å². The number of unbranched alkanes of at least 4 members (excludes halogenated alkanes) is 2. The standard InChI is InChI=1S/C10H14N2O3.C8H10O.C2H6/c11-8(13)4-2-1-3-7-12-9(14)5-6-10(12)15;1-4-6-8(5-2)7(3)9;1-2/h5-6H,1-4,7H2,(H2,11,13);4-6H,1-2H2,3H3;1-2H3/b;8-6+;. The molecule has 0 aliphatic carbocycles. The molecule has 1 aliphatic rings. The minimum atomic E-state index is -0.315. The smallest absolute Gasteiger partial charge is 0.253 e. The van der Waals surface area contributed by atoms with E-state index in [0.717, 1.165) is 6.42 Å². The van der Waals surface area contributed by atoms with Crippen molar-refractivity contribution in [3.05, 3.63) is 49.1 Å². The number of hydrogen-bond acceptors (Lipinski definition) is 4. The van der Waals surface area contributed by atoms with Crippen LogP contribution in [0.3, 0.4) is 0 Å². The molecule has 1 aliphatic heterocycles. The van der Waals surface area contributed by atoms with Crippen LogP contribution in [0.5, 0.6) is 0 Å². The second kappa shape index (κ2) is 15.7. The Morgan fingerprint density at radius 1 is 1.08 bits per heavy atom. The second-order valence-electron chi connectivity index (χ2n) is 5.06. The van der Waals surface area contributed by atoms with Gasteiger partial charge in [0.2, 0.25) is 5.91 Å². The van der Waals surface area contributed by atoms with Crippen LogP contribution in [0.15, 0.2) is 49.1 Å². The molecule has 0 atom stereocenters. The number of amides is 3. The van der Waals surface area contributed by atoms with E-state index in [4.69, 9.17) is 5.73 Å². The Kier molecular flexibility index (Phi) is 15.4. The lowest BCUT2D eigenvalue weighted by Gasteiger charge is -2.12. The first-order valence-electron chi connectivity index (χ1n) is 8.61. The molecule has 0 aromatic heterocycles. The van der Waals surface area contributed by atoms with E-state index in [0.29, 0.717) is 31.4 Å². The van der Waals surface area contributed by atoms with Crippen LogP contribution in [-0.4, -0.2) is 34.9 Å². The topological polar surface area (TPSA) is 97.5 Å². The molecule has 0 saturated carbocycles. The SMILES string of the molecule is C=C/C=C(\C=C)C(C)=O.CC.NC(=O)CCCCCN1C(=O)C=CC1=O. The number of carbonyl (C=O) groups excluding carboxylic acids is 4. The van der Waals surface area contributed by atoms with Gasteiger partial charge in [-0.1, -0.05) is 51.7 Å². The summed E-state index contributed by atoms with van der Waals surface area (Å²) in [5.74, 6) is -0.806. The van der Waals surface area contributed by atoms with E-state index in [1.54, 1.807) is 12.2 Å². The Labute approximate surface area is 156 Å². The molecule has 1 heterocycles. The minimum Gasteiger partial charge on any atom is -0.370 e. The van der Waals surface area contributed by atoms with E-state index < -0.39 is 0 Å². The molecule has 0 radical (unpaired) electrons. The number of allylic oxidation sites excluding steroid dienone is 4. The summed E-state index contributed by atoms with van der Waals surface area (Å²) in [7, 11) is 0. The zero-order chi connectivity index (χ0) is 20.5. The quantitative estimate of drug-likeness (QED) is 0.295. The monoisotopic (exact) mass is 362 g/mol. The summed E-state index contributed by atoms with van der Waals surface area (Å²) in [6, 6.07) is 0. The van der Waals surface area contributed by atoms with Crippen LogP contribution in [0.2, 0.25) is 0 Å². The number of rotatable bonds is 9. The number of carbonyl (C=O) groups is 4. The summed E-state index contributed by atoms with van der Waals surface area (Å²) in [6.07, 6.45) is 9.83. The molecule has 3 amide bonds. The third-order valence-corrected chi connectivity index (χ3v) is 3.13. The molecule has 0 saturated heterocycles. The Morgan fingerprint density at radius 3 is 1.96 bits per heavy atom. The maximum absolute atomic E-state index is 11.1. The lowest BCUT2D eigenvalue weighted by molar-refractivity contribution is -0.137. The van der Waals surface area contributed by atoms with Crippen LogP contribution < -0.4 is 5.73 Å². The summed E-state index contributed by atoms with van der Waals surface area (Å²) >= 11 is 0. The van der Waals surface area contributed by atoms with Gasteiger partial charge in [-0.2, -0.15) is 0 Å². The summed E-state index contributed by atoms with van der Waals surface area (Å²) in [5, 5.41) is 0. The zero-order valence-electron chi connectivity index (χ0n) is 16.0. The van der Waals surface area contributed by atoms with E-state index in [1.165, 1.54) is 30.1 Å². The number of ketones is 1. The predicted molar refractivity (Wildman–Crippen MR) is 104 cm³/mol. The zero-order valence-corrected chi connectivity index (χ0v) is 16.0. The number of nitrogens with two attached hydrogens (primary N) is 1. The van der Waals surface area contributed by atoms with E-state index in [1.807, 2.05) is 13.8 Å². The van der Waals surface area contributed by atoms with Crippen molar-refractivity contribution in [2.75, 3.05) is 6.54 Å². The van der Waals surface area contributed by atoms with Gasteiger partial charge in [0.05, 0.1) is 0 Å². The Morgan fingerprint density at radius 2 is 1.62 bits per heavy atom. The van der Waals surface area contributed by atoms with E-state index in [9.17, 15) is 19.2 Å². The largest absolute Gasteiger partial charge is 0.370 e. The highest BCUT2D eigenvalue weighted by Crippen LogP contribution is 2.07. The van der Waals surface area contributed by atoms with E-state index >= 15 is 0 Å². The van der Waals surface area contributed by atoms with Gasteiger partial charge in [-0.25, -0.2) is 0 Å². The van der Waals surface area contributed by atoms with Crippen molar-refractivity contribution < 1.29 is 19.2 Å². The van der Waals surface area contributed by atoms with Crippen LogP contribution in [0.4, 0.5) is 0 Å². The summed E-state index contributed by atoms with van der Waals surface area (Å²) < 4.78 is 0. The van der Waals surface area contributed by atoms with Gasteiger partial charge in [0, 0.05) is 30.7 Å². The van der Waals surface area contributed by atoms with Gasteiger partial charge in [-0.05, 0) is 19.8 Å². The van der Waals surface area contributed by atoms with Gasteiger partial charge in [0.1, 0.15) is 0 Å². The molecule has 6 nitrogen and oxygen atoms in total. The van der Waals surface area contributed by atoms with Crippen molar-refractivity contribution in [2.24, 2.45) is 5.73 Å². The molecular formula is C20H30N2O4. The first-order valence-corrected chi connectivity index (χ1v) is 8.61. The third kappa shape index (κ3) is 11.7. The fourth-order valence-corrected chi connectivity index (χ4v) is 1.85. The molecule has 0 aromatic carbocycles. The number of imide groups is 1. The summed E-state index contributed by atoms with van der Waals surface area (Å²) in [6.45, 7) is 12.8. The fraction of sp³-hybridized carbons (Fsp3) is 0.400. The molecule has 0 unspecified atom stereocenters. The number of hydrogen-bond donors (Lipinski definition) is 1. The molecule has 0 spiro atoms. The molecule has 26 heavy (non-hydrogen) atoms.